The minimum atomic E-state index is -0.451. The summed E-state index contributed by atoms with van der Waals surface area (Å²) in [6.45, 7) is 4.29. The highest BCUT2D eigenvalue weighted by Gasteiger charge is 2.25. The van der Waals surface area contributed by atoms with Crippen molar-refractivity contribution in [3.8, 4) is 0 Å². The van der Waals surface area contributed by atoms with Gasteiger partial charge in [0.1, 0.15) is 0 Å². The van der Waals surface area contributed by atoms with Crippen molar-refractivity contribution in [1.82, 2.24) is 19.1 Å². The zero-order valence-electron chi connectivity index (χ0n) is 13.1. The van der Waals surface area contributed by atoms with E-state index in [9.17, 15) is 9.59 Å². The molecule has 0 amide bonds. The van der Waals surface area contributed by atoms with E-state index in [4.69, 9.17) is 4.74 Å². The summed E-state index contributed by atoms with van der Waals surface area (Å²) in [7, 11) is 3.41. The number of imidazole rings is 1. The molecule has 0 unspecified atom stereocenters. The van der Waals surface area contributed by atoms with E-state index in [0.29, 0.717) is 23.7 Å². The minimum Gasteiger partial charge on any atom is -0.377 e. The molecular weight excluding hydrogens is 286 g/mol. The topological polar surface area (TPSA) is 85.2 Å². The van der Waals surface area contributed by atoms with Gasteiger partial charge in [-0.1, -0.05) is 0 Å². The lowest BCUT2D eigenvalue weighted by atomic mass is 10.1. The second-order valence-corrected chi connectivity index (χ2v) is 5.63. The fourth-order valence-corrected chi connectivity index (χ4v) is 3.07. The molecule has 22 heavy (non-hydrogen) atoms. The molecule has 1 atom stereocenters. The number of H-pyrrole nitrogens is 1. The van der Waals surface area contributed by atoms with E-state index in [-0.39, 0.29) is 6.10 Å². The summed E-state index contributed by atoms with van der Waals surface area (Å²) in [4.78, 5) is 32.7. The van der Waals surface area contributed by atoms with Crippen LogP contribution in [0.5, 0.6) is 0 Å². The molecule has 0 spiro atoms. The van der Waals surface area contributed by atoms with Gasteiger partial charge in [0, 0.05) is 33.8 Å². The molecule has 1 fully saturated rings. The number of aromatic nitrogens is 4. The van der Waals surface area contributed by atoms with Crippen LogP contribution < -0.4 is 16.1 Å². The molecule has 2 aromatic heterocycles. The monoisotopic (exact) mass is 307 g/mol. The largest absolute Gasteiger partial charge is 0.377 e. The molecule has 8 heteroatoms. The van der Waals surface area contributed by atoms with Crippen LogP contribution in [0.4, 0.5) is 5.95 Å². The lowest BCUT2D eigenvalue weighted by molar-refractivity contribution is 0.0522. The SMILES string of the molecule is CCO[C@H]1CCCN(c2nc3c(c(=O)[nH]c(=O)n3C)n2C)C1. The fraction of sp³-hybridized carbons (Fsp3) is 0.643. The predicted molar refractivity (Wildman–Crippen MR) is 83.4 cm³/mol. The molecule has 0 radical (unpaired) electrons. The van der Waals surface area contributed by atoms with Gasteiger partial charge in [0.2, 0.25) is 5.95 Å². The minimum absolute atomic E-state index is 0.181. The fourth-order valence-electron chi connectivity index (χ4n) is 3.07. The molecule has 0 saturated carbocycles. The first kappa shape index (κ1) is 14.8. The zero-order chi connectivity index (χ0) is 15.9. The third-order valence-corrected chi connectivity index (χ3v) is 4.17. The maximum Gasteiger partial charge on any atom is 0.329 e. The number of nitrogens with one attached hydrogen (secondary N) is 1. The van der Waals surface area contributed by atoms with Crippen molar-refractivity contribution in [1.29, 1.82) is 0 Å². The summed E-state index contributed by atoms with van der Waals surface area (Å²) in [5.74, 6) is 0.700. The van der Waals surface area contributed by atoms with Crippen LogP contribution in [-0.4, -0.2) is 44.9 Å². The highest BCUT2D eigenvalue weighted by Crippen LogP contribution is 2.22. The van der Waals surface area contributed by atoms with E-state index in [1.54, 1.807) is 18.7 Å². The quantitative estimate of drug-likeness (QED) is 0.860. The van der Waals surface area contributed by atoms with Crippen LogP contribution in [0.2, 0.25) is 0 Å². The Morgan fingerprint density at radius 3 is 2.82 bits per heavy atom. The van der Waals surface area contributed by atoms with Crippen LogP contribution in [0.25, 0.3) is 11.2 Å². The van der Waals surface area contributed by atoms with Gasteiger partial charge < -0.3 is 14.2 Å². The smallest absolute Gasteiger partial charge is 0.329 e. The van der Waals surface area contributed by atoms with Gasteiger partial charge in [-0.25, -0.2) is 4.79 Å². The Morgan fingerprint density at radius 2 is 2.09 bits per heavy atom. The average molecular weight is 307 g/mol. The first-order chi connectivity index (χ1) is 10.5. The summed E-state index contributed by atoms with van der Waals surface area (Å²) in [6, 6.07) is 0. The first-order valence-corrected chi connectivity index (χ1v) is 7.55. The number of fused-ring (bicyclic) bond motifs is 1. The number of anilines is 1. The molecule has 1 N–H and O–H groups in total. The third kappa shape index (κ3) is 2.33. The molecule has 1 aliphatic rings. The number of rotatable bonds is 3. The Bertz CT molecular complexity index is 801. The molecule has 3 rings (SSSR count). The summed E-state index contributed by atoms with van der Waals surface area (Å²) < 4.78 is 8.83. The molecule has 0 aromatic carbocycles. The summed E-state index contributed by atoms with van der Waals surface area (Å²) in [5.41, 5.74) is -0.0360. The van der Waals surface area contributed by atoms with Crippen LogP contribution in [0, 0.1) is 0 Å². The van der Waals surface area contributed by atoms with Gasteiger partial charge in [0.25, 0.3) is 5.56 Å². The van der Waals surface area contributed by atoms with Gasteiger partial charge in [-0.3, -0.25) is 14.3 Å². The number of aromatic amines is 1. The van der Waals surface area contributed by atoms with Gasteiger partial charge in [0.15, 0.2) is 11.2 Å². The average Bonchev–Trinajstić information content (AvgIpc) is 2.84. The molecule has 3 heterocycles. The Kier molecular flexibility index (Phi) is 3.78. The van der Waals surface area contributed by atoms with Crippen LogP contribution in [-0.2, 0) is 18.8 Å². The van der Waals surface area contributed by atoms with Crippen LogP contribution >= 0.6 is 0 Å². The van der Waals surface area contributed by atoms with Gasteiger partial charge >= 0.3 is 5.69 Å². The maximum absolute atomic E-state index is 12.1. The molecule has 1 saturated heterocycles. The molecule has 0 aliphatic carbocycles. The molecular formula is C14H21N5O3. The standard InChI is InChI=1S/C14H21N5O3/c1-4-22-9-6-5-7-19(8-9)13-15-11-10(17(13)2)12(20)16-14(21)18(11)3/h9H,4-8H2,1-3H3,(H,16,20,21)/t9-/m0/s1. The molecule has 0 bridgehead atoms. The predicted octanol–water partition coefficient (Wildman–Crippen LogP) is -0.0344. The lowest BCUT2D eigenvalue weighted by Crippen LogP contribution is -2.41. The third-order valence-electron chi connectivity index (χ3n) is 4.17. The highest BCUT2D eigenvalue weighted by molar-refractivity contribution is 5.74. The van der Waals surface area contributed by atoms with Crippen molar-refractivity contribution in [3.05, 3.63) is 20.8 Å². The van der Waals surface area contributed by atoms with Gasteiger partial charge in [-0.2, -0.15) is 4.98 Å². The van der Waals surface area contributed by atoms with Gasteiger partial charge in [0.05, 0.1) is 6.10 Å². The number of hydrogen-bond acceptors (Lipinski definition) is 5. The summed E-state index contributed by atoms with van der Waals surface area (Å²) >= 11 is 0. The van der Waals surface area contributed by atoms with Crippen molar-refractivity contribution in [2.24, 2.45) is 14.1 Å². The first-order valence-electron chi connectivity index (χ1n) is 7.55. The van der Waals surface area contributed by atoms with Crippen molar-refractivity contribution in [2.75, 3.05) is 24.6 Å². The van der Waals surface area contributed by atoms with E-state index >= 15 is 0 Å². The number of hydrogen-bond donors (Lipinski definition) is 1. The van der Waals surface area contributed by atoms with Crippen molar-refractivity contribution >= 4 is 17.1 Å². The zero-order valence-corrected chi connectivity index (χ0v) is 13.1. The molecule has 1 aliphatic heterocycles. The normalized spacial score (nSPS) is 19.0. The second kappa shape index (κ2) is 5.60. The molecule has 2 aromatic rings. The summed E-state index contributed by atoms with van der Waals surface area (Å²) in [6.07, 6.45) is 2.23. The number of aryl methyl sites for hydroxylation is 2. The van der Waals surface area contributed by atoms with Crippen LogP contribution in [0.15, 0.2) is 9.59 Å². The molecule has 8 nitrogen and oxygen atoms in total. The highest BCUT2D eigenvalue weighted by atomic mass is 16.5. The van der Waals surface area contributed by atoms with Crippen molar-refractivity contribution in [3.63, 3.8) is 0 Å². The number of ether oxygens (including phenoxy) is 1. The lowest BCUT2D eigenvalue weighted by Gasteiger charge is -2.33. The van der Waals surface area contributed by atoms with E-state index in [2.05, 4.69) is 14.9 Å². The number of nitrogens with zero attached hydrogens (tertiary/aromatic N) is 4. The second-order valence-electron chi connectivity index (χ2n) is 5.63. The van der Waals surface area contributed by atoms with E-state index < -0.39 is 11.2 Å². The van der Waals surface area contributed by atoms with E-state index in [1.807, 2.05) is 6.92 Å². The van der Waals surface area contributed by atoms with Crippen molar-refractivity contribution in [2.45, 2.75) is 25.9 Å². The Morgan fingerprint density at radius 1 is 1.32 bits per heavy atom. The van der Waals surface area contributed by atoms with Crippen LogP contribution in [0.1, 0.15) is 19.8 Å². The Hall–Kier alpha value is -2.09. The maximum atomic E-state index is 12.1. The van der Waals surface area contributed by atoms with E-state index in [0.717, 1.165) is 25.9 Å². The Balaban J connectivity index is 2.06. The van der Waals surface area contributed by atoms with Crippen LogP contribution in [0.3, 0.4) is 0 Å². The molecule has 120 valence electrons. The Labute approximate surface area is 127 Å². The van der Waals surface area contributed by atoms with Gasteiger partial charge in [-0.15, -0.1) is 0 Å². The van der Waals surface area contributed by atoms with Gasteiger partial charge in [-0.05, 0) is 19.8 Å². The number of piperidine rings is 1. The van der Waals surface area contributed by atoms with Crippen molar-refractivity contribution < 1.29 is 4.74 Å². The van der Waals surface area contributed by atoms with E-state index in [1.165, 1.54) is 4.57 Å². The summed E-state index contributed by atoms with van der Waals surface area (Å²) in [5, 5.41) is 0.